The van der Waals surface area contributed by atoms with Gasteiger partial charge in [0.1, 0.15) is 4.21 Å². The fourth-order valence-corrected chi connectivity index (χ4v) is 5.49. The van der Waals surface area contributed by atoms with E-state index in [-0.39, 0.29) is 23.2 Å². The zero-order valence-corrected chi connectivity index (χ0v) is 13.7. The van der Waals surface area contributed by atoms with Gasteiger partial charge in [-0.1, -0.05) is 0 Å². The van der Waals surface area contributed by atoms with Crippen LogP contribution in [0.5, 0.6) is 0 Å². The Hall–Kier alpha value is -0.720. The average molecular weight is 354 g/mol. The Morgan fingerprint density at radius 1 is 1.38 bits per heavy atom. The number of hydrogen-bond acceptors (Lipinski definition) is 6. The molecule has 1 atom stereocenters. The summed E-state index contributed by atoms with van der Waals surface area (Å²) in [5, 5.41) is 6.46. The van der Waals surface area contributed by atoms with Crippen LogP contribution in [0.25, 0.3) is 0 Å². The first-order chi connectivity index (χ1) is 9.68. The van der Waals surface area contributed by atoms with Crippen molar-refractivity contribution in [3.8, 4) is 0 Å². The minimum Gasteiger partial charge on any atom is -0.398 e. The van der Waals surface area contributed by atoms with Gasteiger partial charge in [0.15, 0.2) is 0 Å². The molecule has 1 unspecified atom stereocenters. The van der Waals surface area contributed by atoms with E-state index in [9.17, 15) is 16.8 Å². The highest BCUT2D eigenvalue weighted by molar-refractivity contribution is 7.91. The third-order valence-electron chi connectivity index (χ3n) is 3.24. The Bertz CT molecular complexity index is 698. The van der Waals surface area contributed by atoms with E-state index in [1.165, 1.54) is 10.4 Å². The molecule has 0 saturated carbocycles. The van der Waals surface area contributed by atoms with E-state index in [1.54, 1.807) is 5.38 Å². The highest BCUT2D eigenvalue weighted by atomic mass is 32.2. The van der Waals surface area contributed by atoms with Gasteiger partial charge in [-0.05, 0) is 24.8 Å². The van der Waals surface area contributed by atoms with Crippen LogP contribution in [0.3, 0.4) is 0 Å². The molecule has 8 nitrogen and oxygen atoms in total. The monoisotopic (exact) mass is 354 g/mol. The smallest absolute Gasteiger partial charge is 0.274 e. The molecular formula is C10H18N4O4S3. The van der Waals surface area contributed by atoms with Crippen LogP contribution >= 0.6 is 11.3 Å². The Morgan fingerprint density at radius 2 is 2.10 bits per heavy atom. The average Bonchev–Trinajstić information content (AvgIpc) is 2.83. The van der Waals surface area contributed by atoms with Crippen LogP contribution in [-0.4, -0.2) is 40.8 Å². The molecule has 1 aliphatic heterocycles. The van der Waals surface area contributed by atoms with Crippen molar-refractivity contribution in [2.45, 2.75) is 17.1 Å². The molecule has 11 heteroatoms. The SMILES string of the molecule is Nc1csc(S(=O)(=O)N2CCCC(CNS(N)(=O)=O)C2)c1. The van der Waals surface area contributed by atoms with Gasteiger partial charge in [0.2, 0.25) is 0 Å². The molecule has 2 heterocycles. The highest BCUT2D eigenvalue weighted by Gasteiger charge is 2.31. The van der Waals surface area contributed by atoms with Gasteiger partial charge in [0.25, 0.3) is 20.2 Å². The van der Waals surface area contributed by atoms with Gasteiger partial charge in [-0.25, -0.2) is 18.3 Å². The summed E-state index contributed by atoms with van der Waals surface area (Å²) in [6.45, 7) is 0.825. The van der Waals surface area contributed by atoms with Gasteiger partial charge in [-0.15, -0.1) is 11.3 Å². The largest absolute Gasteiger partial charge is 0.398 e. The van der Waals surface area contributed by atoms with E-state index in [2.05, 4.69) is 4.72 Å². The second kappa shape index (κ2) is 6.18. The van der Waals surface area contributed by atoms with Crippen molar-refractivity contribution in [1.29, 1.82) is 0 Å². The topological polar surface area (TPSA) is 136 Å². The van der Waals surface area contributed by atoms with Crippen LogP contribution in [-0.2, 0) is 20.2 Å². The molecule has 0 aliphatic carbocycles. The first kappa shape index (κ1) is 16.6. The second-order valence-corrected chi connectivity index (χ2v) is 9.42. The van der Waals surface area contributed by atoms with Crippen LogP contribution in [0, 0.1) is 5.92 Å². The molecule has 5 N–H and O–H groups in total. The van der Waals surface area contributed by atoms with Gasteiger partial charge in [0.05, 0.1) is 0 Å². The molecule has 120 valence electrons. The quantitative estimate of drug-likeness (QED) is 0.656. The summed E-state index contributed by atoms with van der Waals surface area (Å²) in [4.78, 5) is 0. The molecule has 0 bridgehead atoms. The number of anilines is 1. The molecule has 1 fully saturated rings. The van der Waals surface area contributed by atoms with Gasteiger partial charge >= 0.3 is 0 Å². The van der Waals surface area contributed by atoms with E-state index in [4.69, 9.17) is 10.9 Å². The first-order valence-electron chi connectivity index (χ1n) is 6.30. The second-order valence-electron chi connectivity index (χ2n) is 4.96. The van der Waals surface area contributed by atoms with Crippen molar-refractivity contribution in [1.82, 2.24) is 9.03 Å². The molecule has 1 aliphatic rings. The molecule has 1 aromatic heterocycles. The summed E-state index contributed by atoms with van der Waals surface area (Å²) < 4.78 is 50.5. The Kier molecular flexibility index (Phi) is 4.90. The van der Waals surface area contributed by atoms with Crippen LogP contribution in [0.15, 0.2) is 15.7 Å². The molecule has 0 aromatic carbocycles. The van der Waals surface area contributed by atoms with Crippen molar-refractivity contribution in [2.24, 2.45) is 11.1 Å². The molecule has 1 saturated heterocycles. The number of nitrogens with one attached hydrogen (secondary N) is 1. The van der Waals surface area contributed by atoms with E-state index in [1.807, 2.05) is 0 Å². The summed E-state index contributed by atoms with van der Waals surface area (Å²) >= 11 is 1.08. The third-order valence-corrected chi connectivity index (χ3v) is 7.11. The number of thiophene rings is 1. The van der Waals surface area contributed by atoms with Crippen LogP contribution in [0.4, 0.5) is 5.69 Å². The maximum atomic E-state index is 12.5. The number of nitrogens with zero attached hydrogens (tertiary/aromatic N) is 1. The van der Waals surface area contributed by atoms with E-state index in [0.29, 0.717) is 18.7 Å². The number of nitrogens with two attached hydrogens (primary N) is 2. The highest BCUT2D eigenvalue weighted by Crippen LogP contribution is 2.28. The number of sulfonamides is 1. The molecule has 0 amide bonds. The van der Waals surface area contributed by atoms with Gasteiger partial charge in [-0.2, -0.15) is 12.7 Å². The fraction of sp³-hybridized carbons (Fsp3) is 0.600. The Morgan fingerprint density at radius 3 is 2.67 bits per heavy atom. The lowest BCUT2D eigenvalue weighted by molar-refractivity contribution is 0.267. The Balaban J connectivity index is 2.07. The summed E-state index contributed by atoms with van der Waals surface area (Å²) in [6, 6.07) is 1.44. The van der Waals surface area contributed by atoms with E-state index >= 15 is 0 Å². The van der Waals surface area contributed by atoms with Crippen LogP contribution < -0.4 is 15.6 Å². The lowest BCUT2D eigenvalue weighted by atomic mass is 10.0. The minimum atomic E-state index is -3.76. The standard InChI is InChI=1S/C10H18N4O4S3/c11-9-4-10(19-7-9)20(15,16)14-3-1-2-8(6-14)5-13-21(12,17)18/h4,7-8,13H,1-3,5-6,11H2,(H2,12,17,18). The van der Waals surface area contributed by atoms with Crippen molar-refractivity contribution < 1.29 is 16.8 Å². The summed E-state index contributed by atoms with van der Waals surface area (Å²) in [5.41, 5.74) is 5.98. The summed E-state index contributed by atoms with van der Waals surface area (Å²) in [6.07, 6.45) is 1.43. The van der Waals surface area contributed by atoms with Crippen molar-refractivity contribution in [3.63, 3.8) is 0 Å². The van der Waals surface area contributed by atoms with Crippen molar-refractivity contribution >= 4 is 37.3 Å². The number of rotatable bonds is 5. The fourth-order valence-electron chi connectivity index (χ4n) is 2.24. The van der Waals surface area contributed by atoms with Crippen LogP contribution in [0.1, 0.15) is 12.8 Å². The van der Waals surface area contributed by atoms with Crippen LogP contribution in [0.2, 0.25) is 0 Å². The van der Waals surface area contributed by atoms with Crippen molar-refractivity contribution in [3.05, 3.63) is 11.4 Å². The molecule has 1 aromatic rings. The minimum absolute atomic E-state index is 0.0934. The Labute approximate surface area is 128 Å². The van der Waals surface area contributed by atoms with E-state index in [0.717, 1.165) is 17.8 Å². The van der Waals surface area contributed by atoms with E-state index < -0.39 is 20.2 Å². The number of piperidine rings is 1. The number of nitrogen functional groups attached to an aromatic ring is 1. The maximum Gasteiger partial charge on any atom is 0.274 e. The molecule has 21 heavy (non-hydrogen) atoms. The third kappa shape index (κ3) is 4.37. The maximum absolute atomic E-state index is 12.5. The zero-order valence-electron chi connectivity index (χ0n) is 11.2. The molecule has 0 spiro atoms. The molecule has 0 radical (unpaired) electrons. The lowest BCUT2D eigenvalue weighted by Crippen LogP contribution is -2.44. The lowest BCUT2D eigenvalue weighted by Gasteiger charge is -2.31. The van der Waals surface area contributed by atoms with Crippen molar-refractivity contribution in [2.75, 3.05) is 25.4 Å². The first-order valence-corrected chi connectivity index (χ1v) is 10.2. The number of hydrogen-bond donors (Lipinski definition) is 3. The summed E-state index contributed by atoms with van der Waals surface area (Å²) in [7, 11) is -7.32. The van der Waals surface area contributed by atoms with Gasteiger partial charge in [-0.3, -0.25) is 0 Å². The normalized spacial score (nSPS) is 21.5. The predicted octanol–water partition coefficient (Wildman–Crippen LogP) is -0.476. The molecular weight excluding hydrogens is 336 g/mol. The molecule has 2 rings (SSSR count). The predicted molar refractivity (Wildman–Crippen MR) is 81.3 cm³/mol. The zero-order chi connectivity index (χ0) is 15.7. The van der Waals surface area contributed by atoms with Gasteiger partial charge in [0, 0.05) is 30.7 Å². The van der Waals surface area contributed by atoms with Gasteiger partial charge < -0.3 is 5.73 Å². The summed E-state index contributed by atoms with van der Waals surface area (Å²) in [5.74, 6) is -0.0934.